The molecule has 0 spiro atoms. The number of hydrogen-bond acceptors (Lipinski definition) is 2. The molecule has 98 heavy (non-hydrogen) atoms. The molecule has 0 heterocycles. The van der Waals surface area contributed by atoms with Crippen molar-refractivity contribution < 1.29 is 0 Å². The Labute approximate surface area is 575 Å². The van der Waals surface area contributed by atoms with E-state index in [1.54, 1.807) is 0 Å². The molecule has 466 valence electrons. The molecule has 0 unspecified atom stereocenters. The van der Waals surface area contributed by atoms with Gasteiger partial charge in [0.15, 0.2) is 0 Å². The second-order valence-electron chi connectivity index (χ2n) is 27.3. The number of benzene rings is 15. The van der Waals surface area contributed by atoms with Gasteiger partial charge < -0.3 is 9.80 Å². The zero-order valence-corrected chi connectivity index (χ0v) is 55.5. The molecule has 0 aliphatic heterocycles. The van der Waals surface area contributed by atoms with Gasteiger partial charge in [0, 0.05) is 45.0 Å². The van der Waals surface area contributed by atoms with Crippen LogP contribution in [-0.4, -0.2) is 0 Å². The van der Waals surface area contributed by atoms with Crippen LogP contribution in [0.5, 0.6) is 0 Å². The van der Waals surface area contributed by atoms with Gasteiger partial charge in [0.05, 0.1) is 0 Å². The van der Waals surface area contributed by atoms with E-state index in [-0.39, 0.29) is 10.8 Å². The average Bonchev–Trinajstić information content (AvgIpc) is 1.57. The highest BCUT2D eigenvalue weighted by Gasteiger charge is 2.38. The van der Waals surface area contributed by atoms with Crippen LogP contribution in [0.15, 0.2) is 340 Å². The third-order valence-corrected chi connectivity index (χ3v) is 20.6. The van der Waals surface area contributed by atoms with Crippen molar-refractivity contribution in [3.63, 3.8) is 0 Å². The summed E-state index contributed by atoms with van der Waals surface area (Å²) >= 11 is 0. The second-order valence-corrected chi connectivity index (χ2v) is 27.3. The maximum atomic E-state index is 2.43. The van der Waals surface area contributed by atoms with Crippen LogP contribution in [0.2, 0.25) is 0 Å². The Morgan fingerprint density at radius 1 is 0.204 bits per heavy atom. The maximum Gasteiger partial charge on any atom is 0.0465 e. The Hall–Kier alpha value is -12.1. The highest BCUT2D eigenvalue weighted by molar-refractivity contribution is 6.09. The minimum Gasteiger partial charge on any atom is -0.310 e. The molecule has 0 saturated heterocycles. The van der Waals surface area contributed by atoms with Gasteiger partial charge in [-0.2, -0.15) is 0 Å². The van der Waals surface area contributed by atoms with E-state index in [4.69, 9.17) is 0 Å². The molecule has 15 aromatic carbocycles. The Morgan fingerprint density at radius 3 is 0.735 bits per heavy atom. The molecule has 0 amide bonds. The molecule has 0 radical (unpaired) electrons. The highest BCUT2D eigenvalue weighted by atomic mass is 15.1. The summed E-state index contributed by atoms with van der Waals surface area (Å²) in [6, 6.07) is 125. The highest BCUT2D eigenvalue weighted by Crippen LogP contribution is 2.53. The lowest BCUT2D eigenvalue weighted by Gasteiger charge is -2.28. The Morgan fingerprint density at radius 2 is 0.439 bits per heavy atom. The van der Waals surface area contributed by atoms with E-state index in [9.17, 15) is 0 Å². The van der Waals surface area contributed by atoms with Gasteiger partial charge in [0.25, 0.3) is 0 Å². The Kier molecular flexibility index (Phi) is 15.0. The molecular weight excluding hydrogens is 1180 g/mol. The van der Waals surface area contributed by atoms with Gasteiger partial charge in [-0.1, -0.05) is 307 Å². The topological polar surface area (TPSA) is 6.48 Å². The predicted molar refractivity (Wildman–Crippen MR) is 418 cm³/mol. The summed E-state index contributed by atoms with van der Waals surface area (Å²) in [6.07, 6.45) is 9.08. The fraction of sp³-hybridized carbons (Fsp3) is 0.0625. The lowest BCUT2D eigenvalue weighted by molar-refractivity contribution is 0.660. The molecule has 0 N–H and O–H groups in total. The second kappa shape index (κ2) is 24.6. The van der Waals surface area contributed by atoms with Crippen LogP contribution in [-0.2, 0) is 10.8 Å². The molecular formula is C96H72N2. The third kappa shape index (κ3) is 11.0. The Balaban J connectivity index is 0.599. The van der Waals surface area contributed by atoms with E-state index in [1.165, 1.54) is 133 Å². The molecule has 0 saturated carbocycles. The van der Waals surface area contributed by atoms with E-state index in [2.05, 4.69) is 402 Å². The number of rotatable bonds is 14. The van der Waals surface area contributed by atoms with Crippen LogP contribution in [0.25, 0.3) is 113 Å². The van der Waals surface area contributed by atoms with Gasteiger partial charge in [-0.25, -0.2) is 0 Å². The van der Waals surface area contributed by atoms with Crippen molar-refractivity contribution in [2.45, 2.75) is 38.5 Å². The molecule has 0 aromatic heterocycles. The third-order valence-electron chi connectivity index (χ3n) is 20.6. The predicted octanol–water partition coefficient (Wildman–Crippen LogP) is 26.6. The summed E-state index contributed by atoms with van der Waals surface area (Å²) in [4.78, 5) is 4.80. The SMILES string of the molecule is CC1(C)c2cc(/C=C/c3ccc4c(ccc5cc(/C=C/c6ccc7c(c6)C(C)(C)c6cc(N(c8ccc(-c9ccccc9)cc8)c8ccc(-c9ccccc9)cc8)ccc6-7)ccc54)c3)ccc2-c2ccc(N(c3ccc(-c4ccccc4)cc3)c3ccc(-c4ccccc4)cc3)cc21. The summed E-state index contributed by atoms with van der Waals surface area (Å²) in [5, 5.41) is 4.97. The number of hydrogen-bond donors (Lipinski definition) is 0. The lowest BCUT2D eigenvalue weighted by atomic mass is 9.81. The summed E-state index contributed by atoms with van der Waals surface area (Å²) in [7, 11) is 0. The number of fused-ring (bicyclic) bond motifs is 9. The lowest BCUT2D eigenvalue weighted by Crippen LogP contribution is -2.16. The molecule has 2 aliphatic rings. The van der Waals surface area contributed by atoms with Crippen molar-refractivity contribution in [2.75, 3.05) is 9.80 Å². The number of nitrogens with zero attached hydrogens (tertiary/aromatic N) is 2. The molecule has 15 aromatic rings. The summed E-state index contributed by atoms with van der Waals surface area (Å²) < 4.78 is 0. The van der Waals surface area contributed by atoms with Crippen LogP contribution in [0.4, 0.5) is 34.1 Å². The fourth-order valence-corrected chi connectivity index (χ4v) is 15.3. The summed E-state index contributed by atoms with van der Waals surface area (Å²) in [5.74, 6) is 0. The molecule has 0 bridgehead atoms. The van der Waals surface area contributed by atoms with Gasteiger partial charge in [0.2, 0.25) is 0 Å². The van der Waals surface area contributed by atoms with Crippen molar-refractivity contribution in [2.24, 2.45) is 0 Å². The van der Waals surface area contributed by atoms with Crippen LogP contribution >= 0.6 is 0 Å². The molecule has 2 nitrogen and oxygen atoms in total. The minimum atomic E-state index is -0.219. The molecule has 17 rings (SSSR count). The van der Waals surface area contributed by atoms with Crippen LogP contribution in [0.3, 0.4) is 0 Å². The molecule has 0 atom stereocenters. The molecule has 2 aliphatic carbocycles. The Bertz CT molecular complexity index is 5040. The van der Waals surface area contributed by atoms with Gasteiger partial charge in [-0.15, -0.1) is 0 Å². The van der Waals surface area contributed by atoms with E-state index >= 15 is 0 Å². The van der Waals surface area contributed by atoms with E-state index in [0.29, 0.717) is 0 Å². The van der Waals surface area contributed by atoms with Crippen molar-refractivity contribution >= 4 is 80.0 Å². The van der Waals surface area contributed by atoms with Crippen molar-refractivity contribution in [3.8, 4) is 66.8 Å². The smallest absolute Gasteiger partial charge is 0.0465 e. The fourth-order valence-electron chi connectivity index (χ4n) is 15.3. The number of anilines is 6. The van der Waals surface area contributed by atoms with Gasteiger partial charge in [0.1, 0.15) is 0 Å². The van der Waals surface area contributed by atoms with Crippen LogP contribution < -0.4 is 9.80 Å². The van der Waals surface area contributed by atoms with Crippen molar-refractivity contribution in [1.82, 2.24) is 0 Å². The van der Waals surface area contributed by atoms with E-state index in [0.717, 1.165) is 34.1 Å². The standard InChI is InChI=1S/C96H72N2/c1-95(2)91-61-67(31-55-87(91)89-57-51-83(63-93(89)95)97(79-43-35-73(36-44-79)69-17-9-5-10-18-69)80-45-37-74(38-46-80)70-19-11-6-12-20-70)27-25-65-29-53-85-77(59-65)33-34-78-60-66(30-54-86(78)85)26-28-68-32-56-88-90-58-52-84(64-94(90)96(3,4)92(88)62-68)98(81-47-39-75(40-48-81)71-21-13-7-14-22-71)82-49-41-76(42-50-82)72-23-15-8-16-24-72/h5-64H,1-4H3/b27-25+,28-26+. The van der Waals surface area contributed by atoms with E-state index in [1.807, 2.05) is 0 Å². The van der Waals surface area contributed by atoms with Gasteiger partial charge in [-0.3, -0.25) is 0 Å². The van der Waals surface area contributed by atoms with Crippen LogP contribution in [0, 0.1) is 0 Å². The average molecular weight is 1250 g/mol. The quantitative estimate of drug-likeness (QED) is 0.0791. The van der Waals surface area contributed by atoms with Crippen molar-refractivity contribution in [1.29, 1.82) is 0 Å². The first-order valence-corrected chi connectivity index (χ1v) is 34.2. The van der Waals surface area contributed by atoms with E-state index < -0.39 is 0 Å². The van der Waals surface area contributed by atoms with Gasteiger partial charge in [-0.05, 0) is 218 Å². The first kappa shape index (κ1) is 59.6. The molecule has 2 heteroatoms. The van der Waals surface area contributed by atoms with Crippen molar-refractivity contribution in [3.05, 3.63) is 384 Å². The summed E-state index contributed by atoms with van der Waals surface area (Å²) in [6.45, 7) is 9.53. The largest absolute Gasteiger partial charge is 0.310 e. The maximum absolute atomic E-state index is 2.43. The zero-order chi connectivity index (χ0) is 65.9. The van der Waals surface area contributed by atoms with Crippen LogP contribution in [0.1, 0.15) is 72.2 Å². The normalized spacial score (nSPS) is 13.2. The molecule has 0 fully saturated rings. The monoisotopic (exact) mass is 1250 g/mol. The summed E-state index contributed by atoms with van der Waals surface area (Å²) in [5.41, 5.74) is 31.2. The zero-order valence-electron chi connectivity index (χ0n) is 55.5. The van der Waals surface area contributed by atoms with Gasteiger partial charge >= 0.3 is 0 Å². The first-order valence-electron chi connectivity index (χ1n) is 34.2. The first-order chi connectivity index (χ1) is 48.0. The minimum absolute atomic E-state index is 0.219.